The first-order valence-electron chi connectivity index (χ1n) is 26.7. The number of nitrogens with one attached hydrogen (secondary N) is 2. The maximum atomic E-state index is 16.5. The van der Waals surface area contributed by atoms with Gasteiger partial charge in [-0.05, 0) is 114 Å². The predicted octanol–water partition coefficient (Wildman–Crippen LogP) is 8.80. The van der Waals surface area contributed by atoms with Crippen molar-refractivity contribution >= 4 is 52.1 Å². The number of rotatable bonds is 14. The zero-order valence-electron chi connectivity index (χ0n) is 43.7. The van der Waals surface area contributed by atoms with E-state index in [0.29, 0.717) is 56.8 Å². The number of urea groups is 1. The van der Waals surface area contributed by atoms with Crippen molar-refractivity contribution in [2.24, 2.45) is 24.6 Å². The second-order valence-electron chi connectivity index (χ2n) is 22.1. The van der Waals surface area contributed by atoms with Crippen LogP contribution in [0.25, 0.3) is 22.0 Å². The number of carbonyl (C=O) groups excluding carboxylic acids is 4. The number of anilines is 1. The molecule has 4 aromatic carbocycles. The Morgan fingerprint density at radius 2 is 1.65 bits per heavy atom. The molecule has 1 aromatic heterocycles. The average Bonchev–Trinajstić information content (AvgIpc) is 4.00. The van der Waals surface area contributed by atoms with Crippen LogP contribution in [0.5, 0.6) is 11.5 Å². The summed E-state index contributed by atoms with van der Waals surface area (Å²) in [6.45, 7) is 8.67. The number of amides is 5. The molecule has 0 bridgehead atoms. The van der Waals surface area contributed by atoms with Gasteiger partial charge in [0, 0.05) is 91.4 Å². The Bertz CT molecular complexity index is 3130. The summed E-state index contributed by atoms with van der Waals surface area (Å²) in [7, 11) is 1.56. The average molecular weight is 1090 g/mol. The van der Waals surface area contributed by atoms with Gasteiger partial charge < -0.3 is 35.4 Å². The van der Waals surface area contributed by atoms with Gasteiger partial charge in [0.2, 0.25) is 17.7 Å². The highest BCUT2D eigenvalue weighted by Crippen LogP contribution is 2.57. The number of nitrogens with zero attached hydrogens (tertiary/aromatic N) is 5. The molecule has 5 heterocycles. The van der Waals surface area contributed by atoms with Crippen LogP contribution in [0, 0.1) is 35.1 Å². The highest BCUT2D eigenvalue weighted by atomic mass is 35.5. The molecule has 3 saturated heterocycles. The largest absolute Gasteiger partial charge is 0.488 e. The second-order valence-corrected chi connectivity index (χ2v) is 22.5. The number of aryl methyl sites for hydroxylation is 1. The number of hydrogen-bond acceptors (Lipinski definition) is 10. The number of piperidine rings is 2. The number of benzene rings is 4. The number of aliphatic hydroxyl groups is 1. The maximum absolute atomic E-state index is 16.5. The zero-order chi connectivity index (χ0) is 54.7. The highest BCUT2D eigenvalue weighted by Gasteiger charge is 2.51. The summed E-state index contributed by atoms with van der Waals surface area (Å²) in [6, 6.07) is 13.8. The van der Waals surface area contributed by atoms with Gasteiger partial charge in [0.1, 0.15) is 29.5 Å². The minimum atomic E-state index is -1.14. The lowest BCUT2D eigenvalue weighted by Gasteiger charge is -2.48. The Balaban J connectivity index is 0.761. The number of aliphatic hydroxyl groups excluding tert-OH is 1. The Kier molecular flexibility index (Phi) is 15.1. The van der Waals surface area contributed by atoms with Crippen LogP contribution in [0.3, 0.4) is 0 Å². The number of halogens is 5. The molecule has 4 fully saturated rings. The quantitative estimate of drug-likeness (QED) is 0.0784. The maximum Gasteiger partial charge on any atom is 0.329 e. The Labute approximate surface area is 449 Å². The SMILES string of the molecule is CC1c2c(cc(F)c(Cl)c2-c2c(C(N)=O)ccc(OCCO)c2F)OC1(CNC1CCC(C(=O)N2CCC(CN3CCC(c4c(F)cc5c(N6CCC(=O)NC6=O)nn(C)c5c4F)CC3)CC2(C)C)CC1)c1ccccc1. The first-order valence-corrected chi connectivity index (χ1v) is 27.1. The van der Waals surface area contributed by atoms with Crippen LogP contribution in [0.15, 0.2) is 54.6 Å². The van der Waals surface area contributed by atoms with Crippen LogP contribution in [-0.2, 0) is 22.2 Å². The van der Waals surface area contributed by atoms with E-state index in [-0.39, 0.29) is 106 Å². The molecule has 5 amide bonds. The molecule has 1 aliphatic carbocycles. The van der Waals surface area contributed by atoms with E-state index in [2.05, 4.69) is 39.4 Å². The van der Waals surface area contributed by atoms with Gasteiger partial charge in [-0.3, -0.25) is 29.3 Å². The first kappa shape index (κ1) is 54.1. The third-order valence-electron chi connectivity index (χ3n) is 17.0. The van der Waals surface area contributed by atoms with Crippen molar-refractivity contribution in [2.75, 3.05) is 57.4 Å². The second kappa shape index (κ2) is 21.5. The van der Waals surface area contributed by atoms with Crippen molar-refractivity contribution in [3.8, 4) is 22.6 Å². The van der Waals surface area contributed by atoms with E-state index >= 15 is 17.6 Å². The molecule has 4 aliphatic heterocycles. The van der Waals surface area contributed by atoms with Gasteiger partial charge in [-0.1, -0.05) is 48.9 Å². The number of imide groups is 1. The minimum absolute atomic E-state index is 0.0168. The Morgan fingerprint density at radius 3 is 2.32 bits per heavy atom. The fourth-order valence-corrected chi connectivity index (χ4v) is 13.4. The normalized spacial score (nSPS) is 24.0. The Morgan fingerprint density at radius 1 is 0.922 bits per heavy atom. The van der Waals surface area contributed by atoms with Gasteiger partial charge >= 0.3 is 6.03 Å². The third kappa shape index (κ3) is 10.0. The van der Waals surface area contributed by atoms with Gasteiger partial charge in [0.15, 0.2) is 28.8 Å². The van der Waals surface area contributed by atoms with E-state index in [4.69, 9.17) is 26.8 Å². The fraction of sp³-hybridized carbons (Fsp3) is 0.491. The van der Waals surface area contributed by atoms with Gasteiger partial charge in [0.05, 0.1) is 22.6 Å². The van der Waals surface area contributed by atoms with E-state index in [0.717, 1.165) is 37.8 Å². The number of ether oxygens (including phenoxy) is 2. The molecule has 15 nitrogen and oxygen atoms in total. The summed E-state index contributed by atoms with van der Waals surface area (Å²) in [4.78, 5) is 57.2. The van der Waals surface area contributed by atoms with E-state index in [9.17, 15) is 24.3 Å². The van der Waals surface area contributed by atoms with Crippen LogP contribution in [0.1, 0.15) is 117 Å². The summed E-state index contributed by atoms with van der Waals surface area (Å²) in [5, 5.41) is 19.5. The van der Waals surface area contributed by atoms with Crippen LogP contribution < -0.4 is 30.7 Å². The van der Waals surface area contributed by atoms with Gasteiger partial charge in [-0.25, -0.2) is 22.4 Å². The molecule has 10 rings (SSSR count). The molecule has 5 aromatic rings. The van der Waals surface area contributed by atoms with Gasteiger partial charge in [-0.15, -0.1) is 0 Å². The molecule has 3 unspecified atom stereocenters. The van der Waals surface area contributed by atoms with Crippen molar-refractivity contribution < 1.29 is 51.3 Å². The van der Waals surface area contributed by atoms with Crippen molar-refractivity contribution in [2.45, 2.75) is 108 Å². The fourth-order valence-electron chi connectivity index (χ4n) is 13.1. The van der Waals surface area contributed by atoms with Crippen LogP contribution in [-0.4, -0.2) is 113 Å². The standard InChI is InChI=1S/C57H65ClF4N8O7/c1-31-44-42(27-40(60)48(58)47(44)46-37(52(63)73)14-15-41(49(46)61)76-25-24-71)77-57(31,35-8-6-5-7-9-35)30-64-36-12-10-34(11-13-36)54(74)70-23-16-32(28-56(70,2)3)29-68-20-17-33(18-21-68)45-39(59)26-38-51(50(45)62)67(4)66-53(38)69-22-19-43(72)65-55(69)75/h5-9,14-15,26-27,31-34,36,64,71H,10-13,16-25,28-30H2,1-4H3,(H2,63,73)(H,65,72,75). The van der Waals surface area contributed by atoms with Crippen LogP contribution >= 0.6 is 11.6 Å². The number of fused-ring (bicyclic) bond motifs is 2. The number of carbonyl (C=O) groups is 4. The number of hydrogen-bond donors (Lipinski definition) is 4. The molecular weight excluding hydrogens is 1020 g/mol. The lowest BCUT2D eigenvalue weighted by atomic mass is 9.76. The van der Waals surface area contributed by atoms with Crippen molar-refractivity contribution in [1.29, 1.82) is 0 Å². The topological polar surface area (TPSA) is 185 Å². The smallest absolute Gasteiger partial charge is 0.329 e. The van der Waals surface area contributed by atoms with E-state index in [1.165, 1.54) is 33.8 Å². The van der Waals surface area contributed by atoms with Gasteiger partial charge in [0.25, 0.3) is 0 Å². The van der Waals surface area contributed by atoms with E-state index < -0.39 is 64.3 Å². The molecule has 3 atom stereocenters. The lowest BCUT2D eigenvalue weighted by Crippen LogP contribution is -2.56. The third-order valence-corrected chi connectivity index (χ3v) is 17.4. The van der Waals surface area contributed by atoms with Crippen molar-refractivity contribution in [3.63, 3.8) is 0 Å². The number of nitrogens with two attached hydrogens (primary N) is 1. The van der Waals surface area contributed by atoms with E-state index in [1.54, 1.807) is 7.05 Å². The van der Waals surface area contributed by atoms with Crippen molar-refractivity contribution in [1.82, 2.24) is 30.2 Å². The molecule has 20 heteroatoms. The molecule has 1 saturated carbocycles. The highest BCUT2D eigenvalue weighted by molar-refractivity contribution is 6.34. The van der Waals surface area contributed by atoms with Crippen LogP contribution in [0.2, 0.25) is 5.02 Å². The molecule has 77 heavy (non-hydrogen) atoms. The molecular formula is C57H65ClF4N8O7. The molecule has 5 aliphatic rings. The summed E-state index contributed by atoms with van der Waals surface area (Å²) < 4.78 is 78.3. The van der Waals surface area contributed by atoms with Gasteiger partial charge in [-0.2, -0.15) is 5.10 Å². The van der Waals surface area contributed by atoms with Crippen LogP contribution in [0.4, 0.5) is 28.2 Å². The van der Waals surface area contributed by atoms with Crippen molar-refractivity contribution in [3.05, 3.63) is 105 Å². The first-order chi connectivity index (χ1) is 36.8. The van der Waals surface area contributed by atoms with E-state index in [1.807, 2.05) is 37.3 Å². The summed E-state index contributed by atoms with van der Waals surface area (Å²) >= 11 is 6.73. The number of primary amides is 1. The summed E-state index contributed by atoms with van der Waals surface area (Å²) in [6.07, 6.45) is 5.66. The predicted molar refractivity (Wildman–Crippen MR) is 282 cm³/mol. The molecule has 410 valence electrons. The minimum Gasteiger partial charge on any atom is -0.488 e. The Hall–Kier alpha value is -6.28. The molecule has 5 N–H and O–H groups in total. The monoisotopic (exact) mass is 1080 g/mol. The lowest BCUT2D eigenvalue weighted by molar-refractivity contribution is -0.145. The molecule has 0 radical (unpaired) electrons. The molecule has 0 spiro atoms. The summed E-state index contributed by atoms with van der Waals surface area (Å²) in [5.74, 6) is -5.21. The number of likely N-dealkylation sites (tertiary alicyclic amines) is 2. The summed E-state index contributed by atoms with van der Waals surface area (Å²) in [5.41, 5.74) is 4.93. The zero-order valence-corrected chi connectivity index (χ0v) is 44.5. The number of aromatic nitrogens is 2.